The number of halogens is 1. The van der Waals surface area contributed by atoms with Crippen molar-refractivity contribution in [2.24, 2.45) is 5.73 Å². The largest absolute Gasteiger partial charge is 0.353 e. The average Bonchev–Trinajstić information content (AvgIpc) is 2.49. The fourth-order valence-corrected chi connectivity index (χ4v) is 2.13. The summed E-state index contributed by atoms with van der Waals surface area (Å²) >= 11 is 1.64. The highest BCUT2D eigenvalue weighted by Crippen LogP contribution is 2.04. The van der Waals surface area contributed by atoms with Crippen molar-refractivity contribution in [1.82, 2.24) is 10.6 Å². The van der Waals surface area contributed by atoms with Gasteiger partial charge in [-0.2, -0.15) is 11.8 Å². The number of hydrogen-bond donors (Lipinski definition) is 3. The summed E-state index contributed by atoms with van der Waals surface area (Å²) in [4.78, 5) is 24.1. The van der Waals surface area contributed by atoms with Crippen LogP contribution in [0.3, 0.4) is 0 Å². The molecule has 4 N–H and O–H groups in total. The molecule has 118 valence electrons. The van der Waals surface area contributed by atoms with Crippen molar-refractivity contribution in [3.05, 3.63) is 35.9 Å². The van der Waals surface area contributed by atoms with Gasteiger partial charge in [0.1, 0.15) is 6.04 Å². The van der Waals surface area contributed by atoms with E-state index in [2.05, 4.69) is 10.6 Å². The molecule has 0 fully saturated rings. The van der Waals surface area contributed by atoms with E-state index in [1.54, 1.807) is 36.0 Å². The fraction of sp³-hybridized carbons (Fsp3) is 0.429. The van der Waals surface area contributed by atoms with E-state index < -0.39 is 6.04 Å². The van der Waals surface area contributed by atoms with E-state index in [0.29, 0.717) is 25.1 Å². The van der Waals surface area contributed by atoms with Crippen LogP contribution < -0.4 is 16.4 Å². The lowest BCUT2D eigenvalue weighted by Crippen LogP contribution is -2.48. The van der Waals surface area contributed by atoms with Gasteiger partial charge in [0.15, 0.2) is 0 Å². The highest BCUT2D eigenvalue weighted by molar-refractivity contribution is 7.98. The van der Waals surface area contributed by atoms with Crippen molar-refractivity contribution >= 4 is 36.0 Å². The normalized spacial score (nSPS) is 11.1. The molecule has 0 spiro atoms. The van der Waals surface area contributed by atoms with Crippen LogP contribution in [0.15, 0.2) is 30.3 Å². The summed E-state index contributed by atoms with van der Waals surface area (Å²) < 4.78 is 0. The Morgan fingerprint density at radius 1 is 1.29 bits per heavy atom. The second-order valence-electron chi connectivity index (χ2n) is 4.25. The first kappa shape index (κ1) is 19.8. The molecule has 0 aliphatic rings. The molecule has 0 aliphatic heterocycles. The first-order valence-corrected chi connectivity index (χ1v) is 7.91. The van der Waals surface area contributed by atoms with Crippen LogP contribution in [-0.4, -0.2) is 43.0 Å². The molecule has 2 amide bonds. The van der Waals surface area contributed by atoms with Crippen molar-refractivity contribution in [1.29, 1.82) is 0 Å². The smallest absolute Gasteiger partial charge is 0.251 e. The molecule has 5 nitrogen and oxygen atoms in total. The first-order valence-electron chi connectivity index (χ1n) is 6.51. The van der Waals surface area contributed by atoms with Crippen molar-refractivity contribution in [3.63, 3.8) is 0 Å². The standard InChI is InChI=1S/C14H21N3O2S.ClH/c1-20-10-7-12(14(19)16-9-8-15)17-13(18)11-5-3-2-4-6-11;/h2-6,12H,7-10,15H2,1H3,(H,16,19)(H,17,18);1H. The molecular weight excluding hydrogens is 310 g/mol. The Morgan fingerprint density at radius 2 is 1.95 bits per heavy atom. The molecule has 7 heteroatoms. The lowest BCUT2D eigenvalue weighted by molar-refractivity contribution is -0.122. The van der Waals surface area contributed by atoms with Crippen LogP contribution in [0.2, 0.25) is 0 Å². The van der Waals surface area contributed by atoms with Gasteiger partial charge in [-0.05, 0) is 30.6 Å². The summed E-state index contributed by atoms with van der Waals surface area (Å²) in [6.07, 6.45) is 2.56. The number of amides is 2. The lowest BCUT2D eigenvalue weighted by atomic mass is 10.1. The third-order valence-corrected chi connectivity index (χ3v) is 3.36. The van der Waals surface area contributed by atoms with E-state index in [0.717, 1.165) is 5.75 Å². The van der Waals surface area contributed by atoms with Gasteiger partial charge in [0.05, 0.1) is 0 Å². The second kappa shape index (κ2) is 11.4. The zero-order valence-corrected chi connectivity index (χ0v) is 13.6. The van der Waals surface area contributed by atoms with E-state index in [9.17, 15) is 9.59 Å². The van der Waals surface area contributed by atoms with E-state index in [-0.39, 0.29) is 24.2 Å². The van der Waals surface area contributed by atoms with Gasteiger partial charge < -0.3 is 16.4 Å². The third-order valence-electron chi connectivity index (χ3n) is 2.71. The van der Waals surface area contributed by atoms with Crippen LogP contribution in [0.4, 0.5) is 0 Å². The lowest BCUT2D eigenvalue weighted by Gasteiger charge is -2.18. The summed E-state index contributed by atoms with van der Waals surface area (Å²) in [7, 11) is 0. The maximum Gasteiger partial charge on any atom is 0.251 e. The Hall–Kier alpha value is -1.24. The number of nitrogens with one attached hydrogen (secondary N) is 2. The zero-order chi connectivity index (χ0) is 14.8. The number of benzene rings is 1. The minimum Gasteiger partial charge on any atom is -0.353 e. The number of carbonyl (C=O) groups is 2. The van der Waals surface area contributed by atoms with E-state index in [4.69, 9.17) is 5.73 Å². The molecule has 1 atom stereocenters. The van der Waals surface area contributed by atoms with Crippen LogP contribution in [0.25, 0.3) is 0 Å². The summed E-state index contributed by atoms with van der Waals surface area (Å²) in [5, 5.41) is 5.48. The van der Waals surface area contributed by atoms with Gasteiger partial charge in [0.25, 0.3) is 5.91 Å². The van der Waals surface area contributed by atoms with Crippen LogP contribution in [-0.2, 0) is 4.79 Å². The first-order chi connectivity index (χ1) is 9.69. The number of rotatable bonds is 8. The molecule has 0 saturated heterocycles. The summed E-state index contributed by atoms with van der Waals surface area (Å²) in [5.41, 5.74) is 5.91. The quantitative estimate of drug-likeness (QED) is 0.664. The zero-order valence-electron chi connectivity index (χ0n) is 12.0. The minimum absolute atomic E-state index is 0. The van der Waals surface area contributed by atoms with Crippen molar-refractivity contribution < 1.29 is 9.59 Å². The van der Waals surface area contributed by atoms with Gasteiger partial charge >= 0.3 is 0 Å². The predicted molar refractivity (Wildman–Crippen MR) is 90.0 cm³/mol. The molecule has 1 aromatic carbocycles. The molecule has 0 heterocycles. The molecule has 0 aromatic heterocycles. The van der Waals surface area contributed by atoms with Crippen molar-refractivity contribution in [2.75, 3.05) is 25.1 Å². The molecule has 0 saturated carbocycles. The highest BCUT2D eigenvalue weighted by Gasteiger charge is 2.20. The summed E-state index contributed by atoms with van der Waals surface area (Å²) in [5.74, 6) is 0.379. The molecule has 0 radical (unpaired) electrons. The maximum absolute atomic E-state index is 12.1. The average molecular weight is 332 g/mol. The van der Waals surface area contributed by atoms with E-state index in [1.807, 2.05) is 12.3 Å². The Labute approximate surface area is 135 Å². The van der Waals surface area contributed by atoms with Crippen LogP contribution in [0.5, 0.6) is 0 Å². The van der Waals surface area contributed by atoms with Crippen LogP contribution in [0, 0.1) is 0 Å². The predicted octanol–water partition coefficient (Wildman–Crippen LogP) is 1.03. The van der Waals surface area contributed by atoms with Gasteiger partial charge in [0.2, 0.25) is 5.91 Å². The van der Waals surface area contributed by atoms with E-state index in [1.165, 1.54) is 0 Å². The summed E-state index contributed by atoms with van der Waals surface area (Å²) in [6.45, 7) is 0.795. The summed E-state index contributed by atoms with van der Waals surface area (Å²) in [6, 6.07) is 8.34. The molecule has 1 aromatic rings. The highest BCUT2D eigenvalue weighted by atomic mass is 35.5. The van der Waals surface area contributed by atoms with Crippen molar-refractivity contribution in [2.45, 2.75) is 12.5 Å². The second-order valence-corrected chi connectivity index (χ2v) is 5.24. The number of carbonyl (C=O) groups excluding carboxylic acids is 2. The van der Waals surface area contributed by atoms with Gasteiger partial charge in [-0.25, -0.2) is 0 Å². The molecular formula is C14H22ClN3O2S. The SMILES string of the molecule is CSCCC(NC(=O)c1ccccc1)C(=O)NCCN.Cl. The molecule has 0 aliphatic carbocycles. The minimum atomic E-state index is -0.526. The van der Waals surface area contributed by atoms with Crippen LogP contribution in [0.1, 0.15) is 16.8 Å². The fourth-order valence-electron chi connectivity index (χ4n) is 1.65. The monoisotopic (exact) mass is 331 g/mol. The molecule has 21 heavy (non-hydrogen) atoms. The van der Waals surface area contributed by atoms with Crippen molar-refractivity contribution in [3.8, 4) is 0 Å². The third kappa shape index (κ3) is 7.36. The Morgan fingerprint density at radius 3 is 2.52 bits per heavy atom. The molecule has 1 unspecified atom stereocenters. The number of hydrogen-bond acceptors (Lipinski definition) is 4. The Bertz CT molecular complexity index is 431. The number of nitrogens with two attached hydrogens (primary N) is 1. The van der Waals surface area contributed by atoms with Gasteiger partial charge in [-0.1, -0.05) is 18.2 Å². The Kier molecular flexibility index (Phi) is 10.7. The number of thioether (sulfide) groups is 1. The van der Waals surface area contributed by atoms with Crippen LogP contribution >= 0.6 is 24.2 Å². The Balaban J connectivity index is 0.00000400. The van der Waals surface area contributed by atoms with Gasteiger partial charge in [0, 0.05) is 18.7 Å². The van der Waals surface area contributed by atoms with E-state index >= 15 is 0 Å². The molecule has 1 rings (SSSR count). The van der Waals surface area contributed by atoms with Gasteiger partial charge in [-0.3, -0.25) is 9.59 Å². The molecule has 0 bridgehead atoms. The topological polar surface area (TPSA) is 84.2 Å². The maximum atomic E-state index is 12.1. The van der Waals surface area contributed by atoms with Gasteiger partial charge in [-0.15, -0.1) is 12.4 Å².